The van der Waals surface area contributed by atoms with E-state index in [0.717, 1.165) is 28.0 Å². The van der Waals surface area contributed by atoms with E-state index in [1.807, 2.05) is 57.2 Å². The fraction of sp³-hybridized carbons (Fsp3) is 0.360. The maximum Gasteiger partial charge on any atom is 0.410 e. The van der Waals surface area contributed by atoms with E-state index >= 15 is 0 Å². The van der Waals surface area contributed by atoms with Gasteiger partial charge >= 0.3 is 6.09 Å². The van der Waals surface area contributed by atoms with E-state index in [9.17, 15) is 9.59 Å². The summed E-state index contributed by atoms with van der Waals surface area (Å²) in [6, 6.07) is 13.3. The summed E-state index contributed by atoms with van der Waals surface area (Å²) in [6.07, 6.45) is -0.354. The summed E-state index contributed by atoms with van der Waals surface area (Å²) in [7, 11) is 1.63. The number of hydrogen-bond donors (Lipinski definition) is 1. The van der Waals surface area contributed by atoms with Crippen LogP contribution in [0.15, 0.2) is 48.0 Å². The fourth-order valence-corrected chi connectivity index (χ4v) is 3.81. The first-order chi connectivity index (χ1) is 15.2. The molecule has 0 spiro atoms. The number of ether oxygens (including phenoxy) is 3. The van der Waals surface area contributed by atoms with Crippen LogP contribution < -0.4 is 14.8 Å². The van der Waals surface area contributed by atoms with Crippen molar-refractivity contribution in [2.45, 2.75) is 32.9 Å². The molecule has 0 atom stereocenters. The molecule has 1 N–H and O–H groups in total. The molecule has 4 rings (SSSR count). The largest absolute Gasteiger partial charge is 0.497 e. The Bertz CT molecular complexity index is 1070. The van der Waals surface area contributed by atoms with Gasteiger partial charge in [0.2, 0.25) is 0 Å². The second-order valence-corrected chi connectivity index (χ2v) is 8.94. The van der Waals surface area contributed by atoms with E-state index in [2.05, 4.69) is 5.32 Å². The summed E-state index contributed by atoms with van der Waals surface area (Å²) in [4.78, 5) is 26.3. The molecule has 0 saturated heterocycles. The second kappa shape index (κ2) is 8.57. The lowest BCUT2D eigenvalue weighted by molar-refractivity contribution is 0.0301. The molecule has 32 heavy (non-hydrogen) atoms. The first kappa shape index (κ1) is 21.7. The summed E-state index contributed by atoms with van der Waals surface area (Å²) in [5.41, 5.74) is 4.07. The predicted molar refractivity (Wildman–Crippen MR) is 121 cm³/mol. The molecule has 2 aliphatic heterocycles. The Morgan fingerprint density at radius 2 is 1.78 bits per heavy atom. The van der Waals surface area contributed by atoms with E-state index in [1.54, 1.807) is 18.1 Å². The van der Waals surface area contributed by atoms with Crippen LogP contribution >= 0.6 is 0 Å². The average molecular weight is 437 g/mol. The fourth-order valence-electron chi connectivity index (χ4n) is 3.81. The summed E-state index contributed by atoms with van der Waals surface area (Å²) in [5.74, 6) is 1.31. The highest BCUT2D eigenvalue weighted by Crippen LogP contribution is 2.30. The average Bonchev–Trinajstić information content (AvgIpc) is 3.35. The monoisotopic (exact) mass is 436 g/mol. The van der Waals surface area contributed by atoms with Gasteiger partial charge in [0.15, 0.2) is 0 Å². The molecule has 2 aliphatic rings. The van der Waals surface area contributed by atoms with Crippen LogP contribution in [-0.2, 0) is 11.3 Å². The molecule has 0 unspecified atom stereocenters. The Kier molecular flexibility index (Phi) is 5.82. The Labute approximate surface area is 188 Å². The van der Waals surface area contributed by atoms with Crippen molar-refractivity contribution in [1.29, 1.82) is 0 Å². The number of fused-ring (bicyclic) bond motifs is 1. The SMILES string of the molecule is COc1ccc(C2=C(COc3ccc4c(c3)C(=O)NC4)CN(C(=O)OC(C)(C)C)C2)cc1. The number of amides is 2. The van der Waals surface area contributed by atoms with Gasteiger partial charge in [-0.3, -0.25) is 9.69 Å². The molecule has 0 aliphatic carbocycles. The van der Waals surface area contributed by atoms with Crippen molar-refractivity contribution in [3.05, 3.63) is 64.7 Å². The van der Waals surface area contributed by atoms with Crippen molar-refractivity contribution in [3.63, 3.8) is 0 Å². The van der Waals surface area contributed by atoms with E-state index in [1.165, 1.54) is 0 Å². The van der Waals surface area contributed by atoms with Gasteiger partial charge in [0.1, 0.15) is 23.7 Å². The van der Waals surface area contributed by atoms with Crippen LogP contribution in [-0.4, -0.2) is 49.3 Å². The summed E-state index contributed by atoms with van der Waals surface area (Å²) < 4.78 is 16.9. The Morgan fingerprint density at radius 1 is 1.06 bits per heavy atom. The third-order valence-corrected chi connectivity index (χ3v) is 5.43. The molecule has 0 fully saturated rings. The van der Waals surface area contributed by atoms with Gasteiger partial charge in [-0.2, -0.15) is 0 Å². The highest BCUT2D eigenvalue weighted by Gasteiger charge is 2.30. The van der Waals surface area contributed by atoms with Gasteiger partial charge in [-0.05, 0) is 67.3 Å². The molecular formula is C25H28N2O5. The molecule has 2 aromatic rings. The molecule has 2 amide bonds. The molecule has 2 heterocycles. The predicted octanol–water partition coefficient (Wildman–Crippen LogP) is 4.02. The van der Waals surface area contributed by atoms with E-state index < -0.39 is 5.60 Å². The number of nitrogens with zero attached hydrogens (tertiary/aromatic N) is 1. The van der Waals surface area contributed by atoms with Crippen LogP contribution in [0.3, 0.4) is 0 Å². The third kappa shape index (κ3) is 4.72. The van der Waals surface area contributed by atoms with Crippen LogP contribution in [0.4, 0.5) is 4.79 Å². The lowest BCUT2D eigenvalue weighted by Gasteiger charge is -2.24. The highest BCUT2D eigenvalue weighted by molar-refractivity contribution is 5.98. The maximum absolute atomic E-state index is 12.7. The Hall–Kier alpha value is -3.48. The number of carbonyl (C=O) groups is 2. The van der Waals surface area contributed by atoms with Crippen molar-refractivity contribution >= 4 is 17.6 Å². The van der Waals surface area contributed by atoms with Crippen molar-refractivity contribution in [2.75, 3.05) is 26.8 Å². The Morgan fingerprint density at radius 3 is 2.47 bits per heavy atom. The van der Waals surface area contributed by atoms with Crippen molar-refractivity contribution < 1.29 is 23.8 Å². The van der Waals surface area contributed by atoms with E-state index in [-0.39, 0.29) is 12.0 Å². The number of nitrogens with one attached hydrogen (secondary N) is 1. The number of methoxy groups -OCH3 is 1. The van der Waals surface area contributed by atoms with Gasteiger partial charge in [0, 0.05) is 18.7 Å². The number of benzene rings is 2. The minimum Gasteiger partial charge on any atom is -0.497 e. The zero-order chi connectivity index (χ0) is 22.9. The normalized spacial score (nSPS) is 15.5. The number of carbonyl (C=O) groups excluding carboxylic acids is 2. The zero-order valence-electron chi connectivity index (χ0n) is 18.9. The molecular weight excluding hydrogens is 408 g/mol. The smallest absolute Gasteiger partial charge is 0.410 e. The lowest BCUT2D eigenvalue weighted by atomic mass is 10.0. The van der Waals surface area contributed by atoms with E-state index in [4.69, 9.17) is 14.2 Å². The maximum atomic E-state index is 12.7. The minimum atomic E-state index is -0.568. The number of hydrogen-bond acceptors (Lipinski definition) is 5. The highest BCUT2D eigenvalue weighted by atomic mass is 16.6. The molecule has 7 heteroatoms. The van der Waals surface area contributed by atoms with Crippen molar-refractivity contribution in [1.82, 2.24) is 10.2 Å². The topological polar surface area (TPSA) is 77.1 Å². The van der Waals surface area contributed by atoms with Crippen LogP contribution in [0.5, 0.6) is 11.5 Å². The van der Waals surface area contributed by atoms with E-state index in [0.29, 0.717) is 37.6 Å². The van der Waals surface area contributed by atoms with Gasteiger partial charge in [-0.15, -0.1) is 0 Å². The second-order valence-electron chi connectivity index (χ2n) is 8.94. The molecule has 0 bridgehead atoms. The van der Waals surface area contributed by atoms with Crippen molar-refractivity contribution in [2.24, 2.45) is 0 Å². The molecule has 2 aromatic carbocycles. The van der Waals surface area contributed by atoms with Crippen LogP contribution in [0.1, 0.15) is 42.3 Å². The van der Waals surface area contributed by atoms with Crippen LogP contribution in [0, 0.1) is 0 Å². The van der Waals surface area contributed by atoms with Crippen LogP contribution in [0.25, 0.3) is 5.57 Å². The minimum absolute atomic E-state index is 0.0828. The summed E-state index contributed by atoms with van der Waals surface area (Å²) in [6.45, 7) is 7.27. The van der Waals surface area contributed by atoms with Crippen molar-refractivity contribution in [3.8, 4) is 11.5 Å². The molecule has 0 aromatic heterocycles. The summed E-state index contributed by atoms with van der Waals surface area (Å²) in [5, 5.41) is 2.81. The van der Waals surface area contributed by atoms with Gasteiger partial charge in [-0.1, -0.05) is 18.2 Å². The van der Waals surface area contributed by atoms with Crippen LogP contribution in [0.2, 0.25) is 0 Å². The quantitative estimate of drug-likeness (QED) is 0.766. The molecule has 0 radical (unpaired) electrons. The van der Waals surface area contributed by atoms with Gasteiger partial charge < -0.3 is 19.5 Å². The molecule has 7 nitrogen and oxygen atoms in total. The zero-order valence-corrected chi connectivity index (χ0v) is 18.9. The first-order valence-corrected chi connectivity index (χ1v) is 10.6. The standard InChI is InChI=1S/C25H28N2O5/c1-25(2,3)32-24(29)27-13-18(22(14-27)16-5-8-19(30-4)9-6-16)15-31-20-10-7-17-12-26-23(28)21(17)11-20/h5-11H,12-15H2,1-4H3,(H,26,28). The van der Waals surface area contributed by atoms with Gasteiger partial charge in [0.05, 0.1) is 13.7 Å². The Balaban J connectivity index is 1.55. The molecule has 168 valence electrons. The first-order valence-electron chi connectivity index (χ1n) is 10.6. The third-order valence-electron chi connectivity index (χ3n) is 5.43. The van der Waals surface area contributed by atoms with Gasteiger partial charge in [-0.25, -0.2) is 4.79 Å². The van der Waals surface area contributed by atoms with Gasteiger partial charge in [0.25, 0.3) is 5.91 Å². The lowest BCUT2D eigenvalue weighted by Crippen LogP contribution is -2.36. The number of rotatable bonds is 5. The summed E-state index contributed by atoms with van der Waals surface area (Å²) >= 11 is 0. The molecule has 0 saturated carbocycles.